The SMILES string of the molecule is CC1CCC(C(N)Cc2ccc(Br)cc2Cl)C1. The second-order valence-corrected chi connectivity index (χ2v) is 6.60. The van der Waals surface area contributed by atoms with Crippen LogP contribution in [0.4, 0.5) is 0 Å². The van der Waals surface area contributed by atoms with Crippen LogP contribution >= 0.6 is 27.5 Å². The van der Waals surface area contributed by atoms with Crippen LogP contribution in [0.1, 0.15) is 31.7 Å². The molecule has 0 bridgehead atoms. The molecule has 0 amide bonds. The Labute approximate surface area is 117 Å². The third-order valence-electron chi connectivity index (χ3n) is 3.81. The highest BCUT2D eigenvalue weighted by Gasteiger charge is 2.26. The molecule has 1 aliphatic carbocycles. The maximum absolute atomic E-state index is 6.31. The molecule has 17 heavy (non-hydrogen) atoms. The predicted octanol–water partition coefficient (Wildman–Crippen LogP) is 4.41. The van der Waals surface area contributed by atoms with Crippen LogP contribution in [0.5, 0.6) is 0 Å². The van der Waals surface area contributed by atoms with Crippen LogP contribution in [0, 0.1) is 11.8 Å². The normalized spacial score (nSPS) is 26.1. The van der Waals surface area contributed by atoms with E-state index in [-0.39, 0.29) is 6.04 Å². The molecule has 1 fully saturated rings. The molecule has 0 aromatic heterocycles. The van der Waals surface area contributed by atoms with E-state index < -0.39 is 0 Å². The van der Waals surface area contributed by atoms with Gasteiger partial charge in [0.05, 0.1) is 0 Å². The van der Waals surface area contributed by atoms with Crippen LogP contribution in [0.3, 0.4) is 0 Å². The fraction of sp³-hybridized carbons (Fsp3) is 0.571. The topological polar surface area (TPSA) is 26.0 Å². The first-order chi connectivity index (χ1) is 8.06. The number of rotatable bonds is 3. The molecule has 0 saturated heterocycles. The third-order valence-corrected chi connectivity index (χ3v) is 4.66. The number of benzene rings is 1. The van der Waals surface area contributed by atoms with Gasteiger partial charge in [-0.1, -0.05) is 46.9 Å². The monoisotopic (exact) mass is 315 g/mol. The first-order valence-electron chi connectivity index (χ1n) is 6.25. The standard InChI is InChI=1S/C14H19BrClN/c1-9-2-3-11(6-9)14(17)7-10-4-5-12(15)8-13(10)16/h4-5,8-9,11,14H,2-3,6-7,17H2,1H3. The zero-order valence-corrected chi connectivity index (χ0v) is 12.5. The number of hydrogen-bond acceptors (Lipinski definition) is 1. The van der Waals surface area contributed by atoms with Crippen LogP contribution in [-0.4, -0.2) is 6.04 Å². The average molecular weight is 317 g/mol. The van der Waals surface area contributed by atoms with E-state index >= 15 is 0 Å². The van der Waals surface area contributed by atoms with Gasteiger partial charge >= 0.3 is 0 Å². The maximum Gasteiger partial charge on any atom is 0.0449 e. The largest absolute Gasteiger partial charge is 0.327 e. The minimum absolute atomic E-state index is 0.249. The predicted molar refractivity (Wildman–Crippen MR) is 77.3 cm³/mol. The highest BCUT2D eigenvalue weighted by atomic mass is 79.9. The van der Waals surface area contributed by atoms with Gasteiger partial charge in [-0.3, -0.25) is 0 Å². The summed E-state index contributed by atoms with van der Waals surface area (Å²) in [6, 6.07) is 6.30. The van der Waals surface area contributed by atoms with E-state index in [0.29, 0.717) is 5.92 Å². The fourth-order valence-electron chi connectivity index (χ4n) is 2.75. The molecule has 3 unspecified atom stereocenters. The van der Waals surface area contributed by atoms with Gasteiger partial charge in [0, 0.05) is 15.5 Å². The van der Waals surface area contributed by atoms with Crippen LogP contribution in [-0.2, 0) is 6.42 Å². The van der Waals surface area contributed by atoms with Crippen molar-refractivity contribution >= 4 is 27.5 Å². The van der Waals surface area contributed by atoms with Crippen LogP contribution in [0.2, 0.25) is 5.02 Å². The van der Waals surface area contributed by atoms with E-state index in [2.05, 4.69) is 28.9 Å². The molecule has 1 aromatic carbocycles. The number of hydrogen-bond donors (Lipinski definition) is 1. The Morgan fingerprint density at radius 2 is 2.24 bits per heavy atom. The maximum atomic E-state index is 6.31. The first-order valence-corrected chi connectivity index (χ1v) is 7.43. The first kappa shape index (κ1) is 13.4. The van der Waals surface area contributed by atoms with Gasteiger partial charge in [0.15, 0.2) is 0 Å². The second-order valence-electron chi connectivity index (χ2n) is 5.28. The van der Waals surface area contributed by atoms with Gasteiger partial charge < -0.3 is 5.73 Å². The molecular formula is C14H19BrClN. The Morgan fingerprint density at radius 1 is 1.47 bits per heavy atom. The summed E-state index contributed by atoms with van der Waals surface area (Å²) in [5.41, 5.74) is 7.48. The lowest BCUT2D eigenvalue weighted by Crippen LogP contribution is -2.31. The molecule has 1 nitrogen and oxygen atoms in total. The second kappa shape index (κ2) is 5.73. The van der Waals surface area contributed by atoms with E-state index in [1.807, 2.05) is 12.1 Å². The van der Waals surface area contributed by atoms with Crippen LogP contribution in [0.15, 0.2) is 22.7 Å². The van der Waals surface area contributed by atoms with Gasteiger partial charge in [-0.05, 0) is 48.8 Å². The van der Waals surface area contributed by atoms with E-state index in [1.54, 1.807) is 0 Å². The van der Waals surface area contributed by atoms with Crippen molar-refractivity contribution in [1.29, 1.82) is 0 Å². The molecule has 1 aliphatic rings. The Hall–Kier alpha value is -0.0500. The highest BCUT2D eigenvalue weighted by Crippen LogP contribution is 2.33. The van der Waals surface area contributed by atoms with Gasteiger partial charge in [0.1, 0.15) is 0 Å². The molecule has 0 spiro atoms. The smallest absolute Gasteiger partial charge is 0.0449 e. The number of nitrogens with two attached hydrogens (primary N) is 1. The van der Waals surface area contributed by atoms with Crippen LogP contribution in [0.25, 0.3) is 0 Å². The van der Waals surface area contributed by atoms with E-state index in [0.717, 1.165) is 21.8 Å². The summed E-state index contributed by atoms with van der Waals surface area (Å²) < 4.78 is 1.02. The summed E-state index contributed by atoms with van der Waals surface area (Å²) >= 11 is 9.64. The molecular weight excluding hydrogens is 298 g/mol. The molecule has 0 radical (unpaired) electrons. The zero-order chi connectivity index (χ0) is 12.4. The van der Waals surface area contributed by atoms with Gasteiger partial charge in [-0.2, -0.15) is 0 Å². The molecule has 1 aromatic rings. The van der Waals surface area contributed by atoms with Gasteiger partial charge in [0.2, 0.25) is 0 Å². The van der Waals surface area contributed by atoms with Crippen molar-refractivity contribution in [3.63, 3.8) is 0 Å². The van der Waals surface area contributed by atoms with Crippen molar-refractivity contribution in [1.82, 2.24) is 0 Å². The molecule has 2 N–H and O–H groups in total. The lowest BCUT2D eigenvalue weighted by atomic mass is 9.92. The highest BCUT2D eigenvalue weighted by molar-refractivity contribution is 9.10. The van der Waals surface area contributed by atoms with Crippen molar-refractivity contribution < 1.29 is 0 Å². The van der Waals surface area contributed by atoms with Gasteiger partial charge in [0.25, 0.3) is 0 Å². The van der Waals surface area contributed by atoms with Gasteiger partial charge in [-0.25, -0.2) is 0 Å². The van der Waals surface area contributed by atoms with E-state index in [1.165, 1.54) is 24.8 Å². The molecule has 0 aliphatic heterocycles. The average Bonchev–Trinajstić information content (AvgIpc) is 2.69. The lowest BCUT2D eigenvalue weighted by Gasteiger charge is -2.19. The van der Waals surface area contributed by atoms with Gasteiger partial charge in [-0.15, -0.1) is 0 Å². The molecule has 0 heterocycles. The van der Waals surface area contributed by atoms with Crippen molar-refractivity contribution in [3.05, 3.63) is 33.3 Å². The molecule has 1 saturated carbocycles. The summed E-state index contributed by atoms with van der Waals surface area (Å²) in [4.78, 5) is 0. The molecule has 2 rings (SSSR count). The Balaban J connectivity index is 2.00. The molecule has 3 atom stereocenters. The number of halogens is 2. The minimum Gasteiger partial charge on any atom is -0.327 e. The Bertz CT molecular complexity index is 394. The third kappa shape index (κ3) is 3.46. The fourth-order valence-corrected chi connectivity index (χ4v) is 3.50. The summed E-state index contributed by atoms with van der Waals surface area (Å²) in [6.45, 7) is 2.32. The van der Waals surface area contributed by atoms with Crippen molar-refractivity contribution in [2.24, 2.45) is 17.6 Å². The molecule has 94 valence electrons. The van der Waals surface area contributed by atoms with Crippen molar-refractivity contribution in [2.75, 3.05) is 0 Å². The zero-order valence-electron chi connectivity index (χ0n) is 10.1. The van der Waals surface area contributed by atoms with Crippen molar-refractivity contribution in [2.45, 2.75) is 38.6 Å². The summed E-state index contributed by atoms with van der Waals surface area (Å²) in [7, 11) is 0. The molecule has 3 heteroatoms. The summed E-state index contributed by atoms with van der Waals surface area (Å²) in [5.74, 6) is 1.51. The Kier molecular flexibility index (Phi) is 4.51. The van der Waals surface area contributed by atoms with Crippen LogP contribution < -0.4 is 5.73 Å². The minimum atomic E-state index is 0.249. The van der Waals surface area contributed by atoms with Crippen molar-refractivity contribution in [3.8, 4) is 0 Å². The summed E-state index contributed by atoms with van der Waals surface area (Å²) in [5, 5.41) is 0.820. The van der Waals surface area contributed by atoms with E-state index in [9.17, 15) is 0 Å². The van der Waals surface area contributed by atoms with E-state index in [4.69, 9.17) is 17.3 Å². The Morgan fingerprint density at radius 3 is 2.82 bits per heavy atom. The summed E-state index contributed by atoms with van der Waals surface area (Å²) in [6.07, 6.45) is 4.77. The lowest BCUT2D eigenvalue weighted by molar-refractivity contribution is 0.415. The quantitative estimate of drug-likeness (QED) is 0.878.